The molecule has 0 aromatic rings. The fourth-order valence-electron chi connectivity index (χ4n) is 0.380. The Hall–Kier alpha value is -0.590. The smallest absolute Gasteiger partial charge is 0.343 e. The highest BCUT2D eigenvalue weighted by Crippen LogP contribution is 2.13. The molecule has 1 heterocycles. The molecule has 0 bridgehead atoms. The molecular formula is C5H3FINO2. The number of nitrogens with zero attached hydrogens (tertiary/aromatic N) is 1. The summed E-state index contributed by atoms with van der Waals surface area (Å²) < 4.78 is 13.6. The quantitative estimate of drug-likeness (QED) is 0.562. The van der Waals surface area contributed by atoms with Crippen molar-refractivity contribution in [3.63, 3.8) is 0 Å². The van der Waals surface area contributed by atoms with Crippen LogP contribution in [0, 0.1) is 0 Å². The number of rotatable bonds is 1. The van der Waals surface area contributed by atoms with Gasteiger partial charge in [-0.3, -0.25) is 0 Å². The first-order valence-electron chi connectivity index (χ1n) is 2.33. The highest BCUT2D eigenvalue weighted by Gasteiger charge is 2.06. The minimum absolute atomic E-state index is 0.222. The van der Waals surface area contributed by atoms with E-state index in [0.29, 0.717) is 0 Å². The van der Waals surface area contributed by atoms with Crippen LogP contribution >= 0.6 is 20.7 Å². The SMILES string of the molecule is O=C(O)C1=IC=C(F)N=C1. The van der Waals surface area contributed by atoms with E-state index in [1.807, 2.05) is 0 Å². The third-order valence-electron chi connectivity index (χ3n) is 0.768. The first kappa shape index (κ1) is 7.52. The molecule has 0 saturated heterocycles. The number of hydrogen-bond acceptors (Lipinski definition) is 2. The topological polar surface area (TPSA) is 49.7 Å². The Morgan fingerprint density at radius 1 is 1.80 bits per heavy atom. The third kappa shape index (κ3) is 1.69. The van der Waals surface area contributed by atoms with Crippen molar-refractivity contribution >= 4 is 36.4 Å². The number of carboxylic acids is 1. The average Bonchev–Trinajstić information content (AvgIpc) is 1.88. The molecule has 0 unspecified atom stereocenters. The average molecular weight is 255 g/mol. The van der Waals surface area contributed by atoms with Crippen molar-refractivity contribution in [2.24, 2.45) is 4.99 Å². The Morgan fingerprint density at radius 2 is 2.50 bits per heavy atom. The van der Waals surface area contributed by atoms with Crippen LogP contribution in [-0.4, -0.2) is 20.8 Å². The monoisotopic (exact) mass is 255 g/mol. The lowest BCUT2D eigenvalue weighted by atomic mass is 10.5. The van der Waals surface area contributed by atoms with E-state index in [1.165, 1.54) is 4.08 Å². The van der Waals surface area contributed by atoms with E-state index in [-0.39, 0.29) is 3.51 Å². The first-order chi connectivity index (χ1) is 4.70. The lowest BCUT2D eigenvalue weighted by Crippen LogP contribution is -2.12. The summed E-state index contributed by atoms with van der Waals surface area (Å²) in [5.41, 5.74) is 0. The minimum atomic E-state index is -1.000. The lowest BCUT2D eigenvalue weighted by molar-refractivity contribution is -0.128. The number of carboxylic acid groups (broad SMARTS) is 1. The van der Waals surface area contributed by atoms with Crippen LogP contribution in [0.2, 0.25) is 0 Å². The molecule has 0 aromatic carbocycles. The van der Waals surface area contributed by atoms with Crippen molar-refractivity contribution in [1.82, 2.24) is 0 Å². The molecule has 1 aliphatic rings. The van der Waals surface area contributed by atoms with E-state index in [9.17, 15) is 9.18 Å². The molecule has 3 nitrogen and oxygen atoms in total. The molecule has 54 valence electrons. The molecule has 0 saturated carbocycles. The van der Waals surface area contributed by atoms with Crippen LogP contribution in [0.25, 0.3) is 0 Å². The number of aliphatic imine (C=N–C) groups is 1. The van der Waals surface area contributed by atoms with Gasteiger partial charge in [-0.25, -0.2) is 9.79 Å². The largest absolute Gasteiger partial charge is 0.477 e. The Labute approximate surface area is 66.0 Å². The summed E-state index contributed by atoms with van der Waals surface area (Å²) in [5.74, 6) is -1.57. The van der Waals surface area contributed by atoms with Crippen LogP contribution < -0.4 is 0 Å². The van der Waals surface area contributed by atoms with Crippen LogP contribution in [0.3, 0.4) is 0 Å². The van der Waals surface area contributed by atoms with Crippen molar-refractivity contribution < 1.29 is 14.3 Å². The van der Waals surface area contributed by atoms with Crippen molar-refractivity contribution in [1.29, 1.82) is 0 Å². The molecule has 0 radical (unpaired) electrons. The standard InChI is InChI=1S/C5H3FINO2/c6-4-1-7-3(2-8-4)5(9)10/h1-2H,(H,9,10). The van der Waals surface area contributed by atoms with Crippen molar-refractivity contribution in [3.8, 4) is 0 Å². The maximum absolute atomic E-state index is 12.1. The van der Waals surface area contributed by atoms with Crippen molar-refractivity contribution in [3.05, 3.63) is 10.0 Å². The van der Waals surface area contributed by atoms with Gasteiger partial charge in [0.1, 0.15) is 3.51 Å². The Balaban J connectivity index is 2.88. The zero-order valence-electron chi connectivity index (χ0n) is 4.71. The summed E-state index contributed by atoms with van der Waals surface area (Å²) in [6, 6.07) is 0. The molecule has 0 aliphatic carbocycles. The fraction of sp³-hybridized carbons (Fsp3) is 0. The van der Waals surface area contributed by atoms with Gasteiger partial charge in [-0.05, 0) is 0 Å². The summed E-state index contributed by atoms with van der Waals surface area (Å²) in [5, 5.41) is 8.37. The number of hydrogen-bond donors (Lipinski definition) is 1. The van der Waals surface area contributed by atoms with Gasteiger partial charge in [0.25, 0.3) is 0 Å². The number of aliphatic carboxylic acids is 1. The molecule has 1 rings (SSSR count). The van der Waals surface area contributed by atoms with Gasteiger partial charge in [0.05, 0.1) is 6.21 Å². The summed E-state index contributed by atoms with van der Waals surface area (Å²) in [4.78, 5) is 13.4. The van der Waals surface area contributed by atoms with Crippen LogP contribution in [-0.2, 0) is 4.79 Å². The van der Waals surface area contributed by atoms with Gasteiger partial charge in [-0.1, -0.05) is 20.7 Å². The van der Waals surface area contributed by atoms with Crippen LogP contribution in [0.5, 0.6) is 0 Å². The first-order valence-corrected chi connectivity index (χ1v) is 4.66. The highest BCUT2D eigenvalue weighted by atomic mass is 127. The molecule has 5 heteroatoms. The van der Waals surface area contributed by atoms with E-state index < -0.39 is 32.7 Å². The predicted octanol–water partition coefficient (Wildman–Crippen LogP) is 1.07. The molecule has 0 amide bonds. The van der Waals surface area contributed by atoms with E-state index >= 15 is 0 Å². The van der Waals surface area contributed by atoms with Crippen LogP contribution in [0.4, 0.5) is 4.39 Å². The van der Waals surface area contributed by atoms with Crippen molar-refractivity contribution in [2.75, 3.05) is 0 Å². The van der Waals surface area contributed by atoms with Gasteiger partial charge < -0.3 is 5.11 Å². The fourth-order valence-corrected chi connectivity index (χ4v) is 1.70. The maximum Gasteiger partial charge on any atom is 0.343 e. The summed E-state index contributed by atoms with van der Waals surface area (Å²) in [6.45, 7) is 0. The second-order valence-electron chi connectivity index (χ2n) is 1.45. The second kappa shape index (κ2) is 3.00. The Kier molecular flexibility index (Phi) is 2.25. The van der Waals surface area contributed by atoms with E-state index in [4.69, 9.17) is 5.11 Å². The number of halogens is 2. The van der Waals surface area contributed by atoms with Gasteiger partial charge in [0.15, 0.2) is 0 Å². The van der Waals surface area contributed by atoms with Crippen molar-refractivity contribution in [2.45, 2.75) is 0 Å². The maximum atomic E-state index is 12.1. The molecule has 0 atom stereocenters. The lowest BCUT2D eigenvalue weighted by Gasteiger charge is -1.94. The molecule has 0 fully saturated rings. The third-order valence-corrected chi connectivity index (χ3v) is 3.00. The molecule has 1 aliphatic heterocycles. The minimum Gasteiger partial charge on any atom is -0.477 e. The highest BCUT2D eigenvalue weighted by molar-refractivity contribution is 14.2. The second-order valence-corrected chi connectivity index (χ2v) is 3.86. The van der Waals surface area contributed by atoms with Crippen LogP contribution in [0.1, 0.15) is 0 Å². The zero-order valence-corrected chi connectivity index (χ0v) is 6.87. The predicted molar refractivity (Wildman–Crippen MR) is 44.3 cm³/mol. The number of carbonyl (C=O) groups is 1. The normalized spacial score (nSPS) is 16.9. The Morgan fingerprint density at radius 3 is 2.90 bits per heavy atom. The molecule has 10 heavy (non-hydrogen) atoms. The van der Waals surface area contributed by atoms with E-state index in [2.05, 4.69) is 4.99 Å². The van der Waals surface area contributed by atoms with Gasteiger partial charge in [0, 0.05) is 4.08 Å². The van der Waals surface area contributed by atoms with Gasteiger partial charge in [-0.15, -0.1) is 0 Å². The summed E-state index contributed by atoms with van der Waals surface area (Å²) in [7, 11) is 0. The summed E-state index contributed by atoms with van der Waals surface area (Å²) in [6.07, 6.45) is 1.07. The zero-order chi connectivity index (χ0) is 7.56. The van der Waals surface area contributed by atoms with Gasteiger partial charge >= 0.3 is 5.97 Å². The van der Waals surface area contributed by atoms with Crippen LogP contribution in [0.15, 0.2) is 15.0 Å². The van der Waals surface area contributed by atoms with Gasteiger partial charge in [-0.2, -0.15) is 4.39 Å². The molecule has 0 spiro atoms. The van der Waals surface area contributed by atoms with Gasteiger partial charge in [0.2, 0.25) is 5.95 Å². The molecular weight excluding hydrogens is 252 g/mol. The van der Waals surface area contributed by atoms with E-state index in [1.54, 1.807) is 0 Å². The molecule has 0 aromatic heterocycles. The Bertz CT molecular complexity index is 256. The molecule has 1 N–H and O–H groups in total. The van der Waals surface area contributed by atoms with E-state index in [0.717, 1.165) is 6.21 Å². The summed E-state index contributed by atoms with van der Waals surface area (Å²) >= 11 is -0.801.